The van der Waals surface area contributed by atoms with E-state index in [1.807, 2.05) is 0 Å². The van der Waals surface area contributed by atoms with E-state index in [-0.39, 0.29) is 0 Å². The number of rotatable bonds is 3. The van der Waals surface area contributed by atoms with Gasteiger partial charge in [0.05, 0.1) is 0 Å². The van der Waals surface area contributed by atoms with Gasteiger partial charge >= 0.3 is 0 Å². The molecule has 0 atom stereocenters. The minimum atomic E-state index is 0.531. The van der Waals surface area contributed by atoms with Crippen LogP contribution in [-0.2, 0) is 5.88 Å². The average molecular weight is 266 g/mol. The van der Waals surface area contributed by atoms with Crippen molar-refractivity contribution in [3.63, 3.8) is 0 Å². The smallest absolute Gasteiger partial charge is 0.0494 e. The van der Waals surface area contributed by atoms with E-state index in [1.165, 1.54) is 36.9 Å². The molecule has 0 aliphatic heterocycles. The first-order chi connectivity index (χ1) is 8.53. The summed E-state index contributed by atoms with van der Waals surface area (Å²) in [4.78, 5) is 2.44. The van der Waals surface area contributed by atoms with Crippen LogP contribution < -0.4 is 4.90 Å². The standard InChI is InChI=1S/C16H24ClN/c1-16(2)10-8-14(9-11-16)18(3)15-7-5-4-6-13(15)12-17/h4-7,14H,8-12H2,1-3H3. The second kappa shape index (κ2) is 5.52. The second-order valence-electron chi connectivity index (χ2n) is 6.27. The molecule has 0 radical (unpaired) electrons. The quantitative estimate of drug-likeness (QED) is 0.708. The third kappa shape index (κ3) is 3.00. The zero-order valence-corrected chi connectivity index (χ0v) is 12.5. The van der Waals surface area contributed by atoms with Crippen LogP contribution in [0.2, 0.25) is 0 Å². The molecule has 0 amide bonds. The maximum Gasteiger partial charge on any atom is 0.0494 e. The van der Waals surface area contributed by atoms with Gasteiger partial charge < -0.3 is 4.90 Å². The molecule has 0 aromatic heterocycles. The van der Waals surface area contributed by atoms with E-state index < -0.39 is 0 Å². The fourth-order valence-electron chi connectivity index (χ4n) is 2.94. The van der Waals surface area contributed by atoms with Crippen molar-refractivity contribution in [2.75, 3.05) is 11.9 Å². The topological polar surface area (TPSA) is 3.24 Å². The van der Waals surface area contributed by atoms with E-state index in [4.69, 9.17) is 11.6 Å². The van der Waals surface area contributed by atoms with Crippen molar-refractivity contribution in [2.24, 2.45) is 5.41 Å². The van der Waals surface area contributed by atoms with Crippen molar-refractivity contribution in [3.8, 4) is 0 Å². The van der Waals surface area contributed by atoms with Gasteiger partial charge in [-0.3, -0.25) is 0 Å². The Morgan fingerprint density at radius 3 is 2.44 bits per heavy atom. The Morgan fingerprint density at radius 1 is 1.22 bits per heavy atom. The van der Waals surface area contributed by atoms with Crippen LogP contribution in [0.5, 0.6) is 0 Å². The fourth-order valence-corrected chi connectivity index (χ4v) is 3.16. The molecule has 2 rings (SSSR count). The summed E-state index contributed by atoms with van der Waals surface area (Å²) in [6.45, 7) is 4.77. The fraction of sp³-hybridized carbons (Fsp3) is 0.625. The van der Waals surface area contributed by atoms with E-state index in [9.17, 15) is 0 Å². The van der Waals surface area contributed by atoms with E-state index in [2.05, 4.69) is 50.1 Å². The maximum atomic E-state index is 6.03. The van der Waals surface area contributed by atoms with Gasteiger partial charge in [-0.1, -0.05) is 32.0 Å². The molecule has 0 heterocycles. The summed E-state index contributed by atoms with van der Waals surface area (Å²) >= 11 is 6.03. The molecule has 0 bridgehead atoms. The minimum absolute atomic E-state index is 0.531. The van der Waals surface area contributed by atoms with Crippen LogP contribution in [0.3, 0.4) is 0 Å². The highest BCUT2D eigenvalue weighted by Crippen LogP contribution is 2.38. The normalized spacial score (nSPS) is 19.8. The first kappa shape index (κ1) is 13.7. The van der Waals surface area contributed by atoms with Crippen LogP contribution in [0.25, 0.3) is 0 Å². The summed E-state index contributed by atoms with van der Waals surface area (Å²) in [6, 6.07) is 9.17. The average Bonchev–Trinajstić information content (AvgIpc) is 2.38. The molecule has 0 spiro atoms. The molecule has 1 fully saturated rings. The van der Waals surface area contributed by atoms with E-state index >= 15 is 0 Å². The molecule has 2 heteroatoms. The molecular formula is C16H24ClN. The molecular weight excluding hydrogens is 242 g/mol. The van der Waals surface area contributed by atoms with Crippen molar-refractivity contribution in [1.29, 1.82) is 0 Å². The molecule has 0 saturated heterocycles. The lowest BCUT2D eigenvalue weighted by Gasteiger charge is -2.40. The molecule has 0 N–H and O–H groups in total. The van der Waals surface area contributed by atoms with Gasteiger partial charge in [0.25, 0.3) is 0 Å². The number of nitrogens with zero attached hydrogens (tertiary/aromatic N) is 1. The van der Waals surface area contributed by atoms with Gasteiger partial charge in [-0.2, -0.15) is 0 Å². The maximum absolute atomic E-state index is 6.03. The summed E-state index contributed by atoms with van der Waals surface area (Å²) < 4.78 is 0. The number of anilines is 1. The van der Waals surface area contributed by atoms with Crippen LogP contribution in [-0.4, -0.2) is 13.1 Å². The molecule has 1 nitrogen and oxygen atoms in total. The lowest BCUT2D eigenvalue weighted by atomic mass is 9.75. The molecule has 1 aliphatic rings. The van der Waals surface area contributed by atoms with Crippen LogP contribution in [0.15, 0.2) is 24.3 Å². The Hall–Kier alpha value is -0.690. The summed E-state index contributed by atoms with van der Waals surface area (Å²) in [6.07, 6.45) is 5.23. The largest absolute Gasteiger partial charge is 0.371 e. The Kier molecular flexibility index (Phi) is 4.21. The van der Waals surface area contributed by atoms with E-state index in [0.717, 1.165) is 0 Å². The number of hydrogen-bond acceptors (Lipinski definition) is 1. The lowest BCUT2D eigenvalue weighted by Crippen LogP contribution is -2.37. The van der Waals surface area contributed by atoms with Gasteiger partial charge in [0, 0.05) is 24.7 Å². The number of alkyl halides is 1. The summed E-state index contributed by atoms with van der Waals surface area (Å²) in [5.74, 6) is 0.596. The monoisotopic (exact) mass is 265 g/mol. The summed E-state index contributed by atoms with van der Waals surface area (Å²) in [5.41, 5.74) is 3.08. The van der Waals surface area contributed by atoms with Crippen LogP contribution in [0.4, 0.5) is 5.69 Å². The van der Waals surface area contributed by atoms with E-state index in [1.54, 1.807) is 0 Å². The summed E-state index contributed by atoms with van der Waals surface area (Å²) in [7, 11) is 2.22. The van der Waals surface area contributed by atoms with Crippen molar-refractivity contribution < 1.29 is 0 Å². The van der Waals surface area contributed by atoms with Gasteiger partial charge in [-0.25, -0.2) is 0 Å². The molecule has 1 saturated carbocycles. The number of para-hydroxylation sites is 1. The third-order valence-electron chi connectivity index (χ3n) is 4.37. The second-order valence-corrected chi connectivity index (χ2v) is 6.54. The lowest BCUT2D eigenvalue weighted by molar-refractivity contribution is 0.222. The van der Waals surface area contributed by atoms with Crippen LogP contribution in [0, 0.1) is 5.41 Å². The minimum Gasteiger partial charge on any atom is -0.371 e. The molecule has 1 aliphatic carbocycles. The highest BCUT2D eigenvalue weighted by Gasteiger charge is 2.29. The van der Waals surface area contributed by atoms with Crippen molar-refractivity contribution in [3.05, 3.63) is 29.8 Å². The summed E-state index contributed by atoms with van der Waals surface area (Å²) in [5, 5.41) is 0. The molecule has 1 aromatic rings. The molecule has 18 heavy (non-hydrogen) atoms. The number of benzene rings is 1. The zero-order chi connectivity index (χ0) is 13.2. The number of halogens is 1. The van der Waals surface area contributed by atoms with Crippen molar-refractivity contribution >= 4 is 17.3 Å². The third-order valence-corrected chi connectivity index (χ3v) is 4.66. The number of hydrogen-bond donors (Lipinski definition) is 0. The van der Waals surface area contributed by atoms with Gasteiger partial charge in [0.2, 0.25) is 0 Å². The zero-order valence-electron chi connectivity index (χ0n) is 11.7. The Bertz CT molecular complexity index is 390. The van der Waals surface area contributed by atoms with Crippen LogP contribution in [0.1, 0.15) is 45.1 Å². The SMILES string of the molecule is CN(c1ccccc1CCl)C1CCC(C)(C)CC1. The van der Waals surface area contributed by atoms with Crippen molar-refractivity contribution in [2.45, 2.75) is 51.5 Å². The van der Waals surface area contributed by atoms with Gasteiger partial charge in [-0.15, -0.1) is 11.6 Å². The molecule has 100 valence electrons. The highest BCUT2D eigenvalue weighted by atomic mass is 35.5. The predicted molar refractivity (Wildman–Crippen MR) is 80.4 cm³/mol. The first-order valence-electron chi connectivity index (χ1n) is 6.90. The Balaban J connectivity index is 2.10. The Labute approximate surface area is 116 Å². The van der Waals surface area contributed by atoms with Crippen molar-refractivity contribution in [1.82, 2.24) is 0 Å². The molecule has 0 unspecified atom stereocenters. The van der Waals surface area contributed by atoms with Gasteiger partial charge in [0.1, 0.15) is 0 Å². The van der Waals surface area contributed by atoms with Gasteiger partial charge in [-0.05, 0) is 42.7 Å². The molecule has 1 aromatic carbocycles. The predicted octanol–water partition coefficient (Wildman–Crippen LogP) is 4.83. The highest BCUT2D eigenvalue weighted by molar-refractivity contribution is 6.17. The van der Waals surface area contributed by atoms with E-state index in [0.29, 0.717) is 17.3 Å². The van der Waals surface area contributed by atoms with Crippen LogP contribution >= 0.6 is 11.6 Å². The Morgan fingerprint density at radius 2 is 1.83 bits per heavy atom. The van der Waals surface area contributed by atoms with Gasteiger partial charge in [0.15, 0.2) is 0 Å². The first-order valence-corrected chi connectivity index (χ1v) is 7.44.